The molecule has 4 nitrogen and oxygen atoms in total. The molecule has 90 valence electrons. The van der Waals surface area contributed by atoms with E-state index in [1.54, 1.807) is 0 Å². The van der Waals surface area contributed by atoms with Gasteiger partial charge in [-0.05, 0) is 19.3 Å². The summed E-state index contributed by atoms with van der Waals surface area (Å²) in [4.78, 5) is 0. The van der Waals surface area contributed by atoms with Gasteiger partial charge in [-0.3, -0.25) is 0 Å². The molecule has 1 aliphatic heterocycles. The lowest BCUT2D eigenvalue weighted by molar-refractivity contribution is 0.513. The molecule has 2 N–H and O–H groups in total. The molecule has 0 amide bonds. The zero-order valence-electron chi connectivity index (χ0n) is 9.85. The van der Waals surface area contributed by atoms with E-state index in [0.717, 1.165) is 36.7 Å². The van der Waals surface area contributed by atoms with E-state index >= 15 is 0 Å². The van der Waals surface area contributed by atoms with E-state index in [0.29, 0.717) is 6.04 Å². The van der Waals surface area contributed by atoms with Crippen molar-refractivity contribution in [3.8, 4) is 0 Å². The first-order chi connectivity index (χ1) is 7.81. The average Bonchev–Trinajstić information content (AvgIpc) is 2.73. The summed E-state index contributed by atoms with van der Waals surface area (Å²) in [7, 11) is 0. The molecule has 5 heteroatoms. The largest absolute Gasteiger partial charge is 0.327 e. The van der Waals surface area contributed by atoms with Crippen molar-refractivity contribution >= 4 is 11.8 Å². The third-order valence-electron chi connectivity index (χ3n) is 3.02. The van der Waals surface area contributed by atoms with Gasteiger partial charge in [-0.2, -0.15) is 11.8 Å². The standard InChI is InChI=1S/C11H20N4S/c1-2-9(12)7-16-8-11-14-13-10-5-3-4-6-15(10)11/h9H,2-8,12H2,1H3. The summed E-state index contributed by atoms with van der Waals surface area (Å²) in [5, 5.41) is 8.51. The second-order valence-electron chi connectivity index (χ2n) is 4.32. The van der Waals surface area contributed by atoms with Gasteiger partial charge in [0.2, 0.25) is 0 Å². The van der Waals surface area contributed by atoms with Crippen LogP contribution in [0.2, 0.25) is 0 Å². The quantitative estimate of drug-likeness (QED) is 0.849. The van der Waals surface area contributed by atoms with E-state index in [1.807, 2.05) is 11.8 Å². The molecule has 1 aromatic rings. The molecule has 2 heterocycles. The van der Waals surface area contributed by atoms with Crippen LogP contribution in [0.4, 0.5) is 0 Å². The van der Waals surface area contributed by atoms with Crippen LogP contribution in [0.5, 0.6) is 0 Å². The lowest BCUT2D eigenvalue weighted by Gasteiger charge is -2.14. The molecule has 0 saturated carbocycles. The van der Waals surface area contributed by atoms with Gasteiger partial charge in [-0.1, -0.05) is 6.92 Å². The summed E-state index contributed by atoms with van der Waals surface area (Å²) < 4.78 is 2.29. The van der Waals surface area contributed by atoms with Crippen molar-refractivity contribution < 1.29 is 0 Å². The van der Waals surface area contributed by atoms with Crippen LogP contribution in [0.1, 0.15) is 37.8 Å². The van der Waals surface area contributed by atoms with Gasteiger partial charge in [-0.15, -0.1) is 10.2 Å². The zero-order chi connectivity index (χ0) is 11.4. The Hall–Kier alpha value is -0.550. The lowest BCUT2D eigenvalue weighted by atomic mass is 10.2. The van der Waals surface area contributed by atoms with Crippen molar-refractivity contribution in [2.24, 2.45) is 5.73 Å². The summed E-state index contributed by atoms with van der Waals surface area (Å²) in [6.07, 6.45) is 4.65. The van der Waals surface area contributed by atoms with Crippen LogP contribution in [0.25, 0.3) is 0 Å². The van der Waals surface area contributed by atoms with Gasteiger partial charge < -0.3 is 10.3 Å². The van der Waals surface area contributed by atoms with Crippen molar-refractivity contribution in [3.63, 3.8) is 0 Å². The molecule has 0 aliphatic carbocycles. The Balaban J connectivity index is 1.87. The Labute approximate surface area is 101 Å². The Morgan fingerprint density at radius 3 is 3.12 bits per heavy atom. The first-order valence-electron chi connectivity index (χ1n) is 6.05. The normalized spacial score (nSPS) is 17.1. The van der Waals surface area contributed by atoms with Gasteiger partial charge in [0.25, 0.3) is 0 Å². The number of aryl methyl sites for hydroxylation is 1. The molecule has 16 heavy (non-hydrogen) atoms. The van der Waals surface area contributed by atoms with Crippen LogP contribution >= 0.6 is 11.8 Å². The summed E-state index contributed by atoms with van der Waals surface area (Å²) in [5.41, 5.74) is 5.89. The molecule has 1 atom stereocenters. The number of nitrogens with zero attached hydrogens (tertiary/aromatic N) is 3. The topological polar surface area (TPSA) is 56.7 Å². The number of hydrogen-bond acceptors (Lipinski definition) is 4. The fourth-order valence-corrected chi connectivity index (χ4v) is 2.95. The average molecular weight is 240 g/mol. The maximum absolute atomic E-state index is 5.89. The molecule has 0 aromatic carbocycles. The van der Waals surface area contributed by atoms with Crippen LogP contribution in [0, 0.1) is 0 Å². The van der Waals surface area contributed by atoms with Gasteiger partial charge in [0.15, 0.2) is 0 Å². The summed E-state index contributed by atoms with van der Waals surface area (Å²) in [6, 6.07) is 0.314. The summed E-state index contributed by atoms with van der Waals surface area (Å²) >= 11 is 1.87. The number of nitrogens with two attached hydrogens (primary N) is 1. The van der Waals surface area contributed by atoms with E-state index in [2.05, 4.69) is 21.7 Å². The van der Waals surface area contributed by atoms with E-state index in [1.165, 1.54) is 18.7 Å². The van der Waals surface area contributed by atoms with Crippen molar-refractivity contribution in [1.29, 1.82) is 0 Å². The molecule has 0 bridgehead atoms. The Morgan fingerprint density at radius 2 is 2.31 bits per heavy atom. The first-order valence-corrected chi connectivity index (χ1v) is 7.21. The molecule has 0 fully saturated rings. The highest BCUT2D eigenvalue weighted by Crippen LogP contribution is 2.18. The second-order valence-corrected chi connectivity index (χ2v) is 5.35. The summed E-state index contributed by atoms with van der Waals surface area (Å²) in [5.74, 6) is 4.25. The molecular weight excluding hydrogens is 220 g/mol. The van der Waals surface area contributed by atoms with Crippen molar-refractivity contribution in [3.05, 3.63) is 11.6 Å². The highest BCUT2D eigenvalue weighted by Gasteiger charge is 2.15. The molecule has 0 radical (unpaired) electrons. The molecule has 2 rings (SSSR count). The first kappa shape index (κ1) is 11.9. The second kappa shape index (κ2) is 5.68. The number of fused-ring (bicyclic) bond motifs is 1. The maximum atomic E-state index is 5.89. The van der Waals surface area contributed by atoms with Crippen LogP contribution in [0.15, 0.2) is 0 Å². The molecule has 0 saturated heterocycles. The van der Waals surface area contributed by atoms with Crippen molar-refractivity contribution in [2.45, 2.75) is 50.9 Å². The Kier molecular flexibility index (Phi) is 4.23. The predicted octanol–water partition coefficient (Wildman–Crippen LogP) is 1.58. The number of aromatic nitrogens is 3. The molecular formula is C11H20N4S. The molecule has 0 spiro atoms. The highest BCUT2D eigenvalue weighted by molar-refractivity contribution is 7.98. The van der Waals surface area contributed by atoms with Crippen LogP contribution in [-0.2, 0) is 18.7 Å². The van der Waals surface area contributed by atoms with E-state index in [9.17, 15) is 0 Å². The minimum Gasteiger partial charge on any atom is -0.327 e. The third-order valence-corrected chi connectivity index (χ3v) is 4.15. The predicted molar refractivity (Wildman–Crippen MR) is 67.4 cm³/mol. The smallest absolute Gasteiger partial charge is 0.143 e. The molecule has 1 aliphatic rings. The van der Waals surface area contributed by atoms with Gasteiger partial charge in [-0.25, -0.2) is 0 Å². The van der Waals surface area contributed by atoms with Crippen LogP contribution < -0.4 is 5.73 Å². The van der Waals surface area contributed by atoms with Gasteiger partial charge in [0.1, 0.15) is 11.6 Å². The van der Waals surface area contributed by atoms with Gasteiger partial charge >= 0.3 is 0 Å². The fraction of sp³-hybridized carbons (Fsp3) is 0.818. The third kappa shape index (κ3) is 2.77. The zero-order valence-corrected chi connectivity index (χ0v) is 10.7. The van der Waals surface area contributed by atoms with Crippen molar-refractivity contribution in [2.75, 3.05) is 5.75 Å². The Bertz CT molecular complexity index is 337. The minimum absolute atomic E-state index is 0.314. The monoisotopic (exact) mass is 240 g/mol. The van der Waals surface area contributed by atoms with E-state index < -0.39 is 0 Å². The fourth-order valence-electron chi connectivity index (χ4n) is 1.89. The Morgan fingerprint density at radius 1 is 1.44 bits per heavy atom. The molecule has 1 unspecified atom stereocenters. The van der Waals surface area contributed by atoms with Crippen LogP contribution in [0.3, 0.4) is 0 Å². The van der Waals surface area contributed by atoms with Gasteiger partial charge in [0, 0.05) is 24.8 Å². The van der Waals surface area contributed by atoms with Crippen molar-refractivity contribution in [1.82, 2.24) is 14.8 Å². The van der Waals surface area contributed by atoms with E-state index in [4.69, 9.17) is 5.73 Å². The van der Waals surface area contributed by atoms with Crippen LogP contribution in [-0.4, -0.2) is 26.6 Å². The number of thioether (sulfide) groups is 1. The minimum atomic E-state index is 0.314. The highest BCUT2D eigenvalue weighted by atomic mass is 32.2. The maximum Gasteiger partial charge on any atom is 0.143 e. The van der Waals surface area contributed by atoms with E-state index in [-0.39, 0.29) is 0 Å². The summed E-state index contributed by atoms with van der Waals surface area (Å²) in [6.45, 7) is 3.22. The lowest BCUT2D eigenvalue weighted by Crippen LogP contribution is -2.21. The molecule has 1 aromatic heterocycles. The number of hydrogen-bond donors (Lipinski definition) is 1. The number of rotatable bonds is 5. The van der Waals surface area contributed by atoms with Gasteiger partial charge in [0.05, 0.1) is 5.75 Å². The SMILES string of the molecule is CCC(N)CSCc1nnc2n1CCCC2.